The maximum absolute atomic E-state index is 12.2. The first-order valence-corrected chi connectivity index (χ1v) is 7.89. The molecular formula is C17H22N2O4. The molecule has 1 aromatic carbocycles. The predicted octanol–water partition coefficient (Wildman–Crippen LogP) is 1.48. The van der Waals surface area contributed by atoms with Crippen molar-refractivity contribution in [1.29, 1.82) is 0 Å². The molecule has 6 nitrogen and oxygen atoms in total. The Bertz CT molecular complexity index is 577. The van der Waals surface area contributed by atoms with Gasteiger partial charge in [-0.25, -0.2) is 4.79 Å². The van der Waals surface area contributed by atoms with Crippen LogP contribution in [0.15, 0.2) is 24.3 Å². The molecule has 0 radical (unpaired) electrons. The first kappa shape index (κ1) is 17.0. The van der Waals surface area contributed by atoms with Gasteiger partial charge in [0.2, 0.25) is 11.8 Å². The number of amides is 2. The molecule has 1 atom stereocenters. The maximum Gasteiger partial charge on any atom is 0.335 e. The lowest BCUT2D eigenvalue weighted by Crippen LogP contribution is -2.48. The van der Waals surface area contributed by atoms with Gasteiger partial charge in [0.1, 0.15) is 6.04 Å². The van der Waals surface area contributed by atoms with Crippen molar-refractivity contribution in [3.63, 3.8) is 0 Å². The van der Waals surface area contributed by atoms with Gasteiger partial charge in [-0.15, -0.1) is 0 Å². The van der Waals surface area contributed by atoms with E-state index in [1.807, 2.05) is 0 Å². The Kier molecular flexibility index (Phi) is 5.73. The molecule has 0 aromatic heterocycles. The molecule has 2 amide bonds. The molecule has 0 aliphatic heterocycles. The zero-order valence-corrected chi connectivity index (χ0v) is 13.0. The fourth-order valence-electron chi connectivity index (χ4n) is 2.90. The third-order valence-electron chi connectivity index (χ3n) is 4.28. The molecule has 1 fully saturated rings. The number of benzene rings is 1. The average molecular weight is 318 g/mol. The molecule has 6 heteroatoms. The molecule has 1 aliphatic rings. The number of carbonyl (C=O) groups is 3. The molecule has 1 saturated carbocycles. The lowest BCUT2D eigenvalue weighted by molar-refractivity contribution is -0.130. The van der Waals surface area contributed by atoms with Crippen molar-refractivity contribution in [1.82, 2.24) is 5.32 Å². The number of carboxylic acid groups (broad SMARTS) is 1. The molecule has 0 heterocycles. The molecule has 4 N–H and O–H groups in total. The highest BCUT2D eigenvalue weighted by atomic mass is 16.4. The minimum atomic E-state index is -1.01. The van der Waals surface area contributed by atoms with Crippen LogP contribution in [0.3, 0.4) is 0 Å². The summed E-state index contributed by atoms with van der Waals surface area (Å²) in [6, 6.07) is 5.43. The summed E-state index contributed by atoms with van der Waals surface area (Å²) in [5, 5.41) is 11.6. The molecule has 0 bridgehead atoms. The van der Waals surface area contributed by atoms with Gasteiger partial charge in [-0.1, -0.05) is 31.4 Å². The Hall–Kier alpha value is -2.37. The van der Waals surface area contributed by atoms with Gasteiger partial charge in [-0.2, -0.15) is 0 Å². The molecule has 0 spiro atoms. The number of primary amides is 1. The van der Waals surface area contributed by atoms with Gasteiger partial charge in [-0.05, 0) is 30.5 Å². The summed E-state index contributed by atoms with van der Waals surface area (Å²) in [5.74, 6) is -1.75. The maximum atomic E-state index is 12.2. The monoisotopic (exact) mass is 318 g/mol. The number of hydrogen-bond donors (Lipinski definition) is 3. The number of nitrogens with two attached hydrogens (primary N) is 1. The Morgan fingerprint density at radius 2 is 1.74 bits per heavy atom. The van der Waals surface area contributed by atoms with Gasteiger partial charge in [-0.3, -0.25) is 9.59 Å². The summed E-state index contributed by atoms with van der Waals surface area (Å²) in [7, 11) is 0. The molecule has 23 heavy (non-hydrogen) atoms. The number of aromatic carboxylic acids is 1. The standard InChI is InChI=1S/C17H22N2O4/c18-15(20)14(19-16(21)12-4-2-1-3-5-12)10-11-6-8-13(9-7-11)17(22)23/h6-9,12,14H,1-5,10H2,(H2,18,20)(H,19,21)(H,22,23)/t14-/m0/s1. The van der Waals surface area contributed by atoms with Crippen molar-refractivity contribution in [2.24, 2.45) is 11.7 Å². The van der Waals surface area contributed by atoms with E-state index < -0.39 is 17.9 Å². The van der Waals surface area contributed by atoms with E-state index in [2.05, 4.69) is 5.32 Å². The molecule has 0 unspecified atom stereocenters. The zero-order valence-electron chi connectivity index (χ0n) is 13.0. The van der Waals surface area contributed by atoms with Crippen LogP contribution in [0, 0.1) is 5.92 Å². The van der Waals surface area contributed by atoms with Crippen LogP contribution in [0.1, 0.15) is 48.0 Å². The third kappa shape index (κ3) is 4.81. The number of carboxylic acids is 1. The van der Waals surface area contributed by atoms with Crippen LogP contribution < -0.4 is 11.1 Å². The minimum absolute atomic E-state index is 0.0417. The Balaban J connectivity index is 1.99. The smallest absolute Gasteiger partial charge is 0.335 e. The van der Waals surface area contributed by atoms with Crippen LogP contribution in [0.2, 0.25) is 0 Å². The normalized spacial score (nSPS) is 16.5. The lowest BCUT2D eigenvalue weighted by Gasteiger charge is -2.23. The second kappa shape index (κ2) is 7.76. The highest BCUT2D eigenvalue weighted by molar-refractivity contribution is 5.88. The van der Waals surface area contributed by atoms with Gasteiger partial charge in [0.25, 0.3) is 0 Å². The first-order chi connectivity index (χ1) is 11.0. The van der Waals surface area contributed by atoms with E-state index in [9.17, 15) is 14.4 Å². The highest BCUT2D eigenvalue weighted by Gasteiger charge is 2.25. The van der Waals surface area contributed by atoms with E-state index in [0.717, 1.165) is 37.7 Å². The number of nitrogens with one attached hydrogen (secondary N) is 1. The summed E-state index contributed by atoms with van der Waals surface area (Å²) in [4.78, 5) is 34.7. The summed E-state index contributed by atoms with van der Waals surface area (Å²) >= 11 is 0. The van der Waals surface area contributed by atoms with E-state index in [1.165, 1.54) is 12.1 Å². The molecule has 1 aliphatic carbocycles. The first-order valence-electron chi connectivity index (χ1n) is 7.89. The van der Waals surface area contributed by atoms with Gasteiger partial charge >= 0.3 is 5.97 Å². The van der Waals surface area contributed by atoms with Crippen molar-refractivity contribution >= 4 is 17.8 Å². The summed E-state index contributed by atoms with van der Waals surface area (Å²) in [6.45, 7) is 0. The molecule has 1 aromatic rings. The second-order valence-corrected chi connectivity index (χ2v) is 6.00. The second-order valence-electron chi connectivity index (χ2n) is 6.00. The van der Waals surface area contributed by atoms with Crippen LogP contribution in [0.25, 0.3) is 0 Å². The van der Waals surface area contributed by atoms with Crippen LogP contribution >= 0.6 is 0 Å². The molecule has 0 saturated heterocycles. The van der Waals surface area contributed by atoms with Crippen molar-refractivity contribution in [3.05, 3.63) is 35.4 Å². The Morgan fingerprint density at radius 3 is 2.26 bits per heavy atom. The Morgan fingerprint density at radius 1 is 1.13 bits per heavy atom. The number of rotatable bonds is 6. The molecular weight excluding hydrogens is 296 g/mol. The van der Waals surface area contributed by atoms with E-state index in [4.69, 9.17) is 10.8 Å². The molecule has 2 rings (SSSR count). The zero-order chi connectivity index (χ0) is 16.8. The van der Waals surface area contributed by atoms with Gasteiger partial charge in [0.05, 0.1) is 5.56 Å². The van der Waals surface area contributed by atoms with E-state index in [0.29, 0.717) is 0 Å². The van der Waals surface area contributed by atoms with Crippen LogP contribution in [0.5, 0.6) is 0 Å². The van der Waals surface area contributed by atoms with E-state index in [-0.39, 0.29) is 23.8 Å². The lowest BCUT2D eigenvalue weighted by atomic mass is 9.88. The summed E-state index contributed by atoms with van der Waals surface area (Å²) < 4.78 is 0. The fraction of sp³-hybridized carbons (Fsp3) is 0.471. The minimum Gasteiger partial charge on any atom is -0.478 e. The van der Waals surface area contributed by atoms with E-state index in [1.54, 1.807) is 12.1 Å². The van der Waals surface area contributed by atoms with Crippen LogP contribution in [-0.4, -0.2) is 28.9 Å². The molecule has 124 valence electrons. The topological polar surface area (TPSA) is 109 Å². The quantitative estimate of drug-likeness (QED) is 0.738. The number of hydrogen-bond acceptors (Lipinski definition) is 3. The highest BCUT2D eigenvalue weighted by Crippen LogP contribution is 2.23. The van der Waals surface area contributed by atoms with Gasteiger partial charge in [0.15, 0.2) is 0 Å². The van der Waals surface area contributed by atoms with Gasteiger partial charge in [0, 0.05) is 12.3 Å². The van der Waals surface area contributed by atoms with Crippen molar-refractivity contribution < 1.29 is 19.5 Å². The van der Waals surface area contributed by atoms with E-state index >= 15 is 0 Å². The fourth-order valence-corrected chi connectivity index (χ4v) is 2.90. The summed E-state index contributed by atoms with van der Waals surface area (Å²) in [5.41, 5.74) is 6.32. The third-order valence-corrected chi connectivity index (χ3v) is 4.28. The van der Waals surface area contributed by atoms with Gasteiger partial charge < -0.3 is 16.2 Å². The summed E-state index contributed by atoms with van der Waals surface area (Å²) in [6.07, 6.45) is 5.19. The average Bonchev–Trinajstić information content (AvgIpc) is 2.55. The SMILES string of the molecule is NC(=O)[C@H](Cc1ccc(C(=O)O)cc1)NC(=O)C1CCCCC1. The van der Waals surface area contributed by atoms with Crippen molar-refractivity contribution in [2.75, 3.05) is 0 Å². The Labute approximate surface area is 135 Å². The van der Waals surface area contributed by atoms with Crippen molar-refractivity contribution in [2.45, 2.75) is 44.6 Å². The van der Waals surface area contributed by atoms with Crippen LogP contribution in [-0.2, 0) is 16.0 Å². The van der Waals surface area contributed by atoms with Crippen molar-refractivity contribution in [3.8, 4) is 0 Å². The number of carbonyl (C=O) groups excluding carboxylic acids is 2. The largest absolute Gasteiger partial charge is 0.478 e. The predicted molar refractivity (Wildman–Crippen MR) is 84.8 cm³/mol. The van der Waals surface area contributed by atoms with Crippen LogP contribution in [0.4, 0.5) is 0 Å².